The van der Waals surface area contributed by atoms with Crippen LogP contribution in [-0.2, 0) is 14.0 Å². The maximum Gasteiger partial charge on any atom is 0.336 e. The summed E-state index contributed by atoms with van der Waals surface area (Å²) in [7, 11) is -0.402. The van der Waals surface area contributed by atoms with Crippen LogP contribution in [0.3, 0.4) is 0 Å². The number of rotatable bonds is 10. The summed E-state index contributed by atoms with van der Waals surface area (Å²) in [6.07, 6.45) is 5.74. The molecule has 0 aromatic rings. The lowest BCUT2D eigenvalue weighted by molar-refractivity contribution is -0.136. The average Bonchev–Trinajstić information content (AvgIpc) is 2.49. The Morgan fingerprint density at radius 1 is 1.20 bits per heavy atom. The summed E-state index contributed by atoms with van der Waals surface area (Å²) >= 11 is 0. The Hall–Kier alpha value is -0.873. The van der Waals surface area contributed by atoms with Crippen molar-refractivity contribution in [2.24, 2.45) is 0 Å². The van der Waals surface area contributed by atoms with Gasteiger partial charge < -0.3 is 9.16 Å². The first-order valence-electron chi connectivity index (χ1n) is 7.61. The van der Waals surface area contributed by atoms with Crippen LogP contribution in [0.15, 0.2) is 24.3 Å². The minimum atomic E-state index is -1.78. The smallest absolute Gasteiger partial charge is 0.336 e. The second-order valence-corrected chi connectivity index (χ2v) is 9.74. The highest BCUT2D eigenvalue weighted by Gasteiger charge is 2.33. The number of allylic oxidation sites excluding steroid dienone is 1. The molecule has 0 aromatic carbocycles. The molecule has 0 aliphatic carbocycles. The first kappa shape index (κ1) is 19.1. The Labute approximate surface area is 125 Å². The lowest BCUT2D eigenvalue weighted by atomic mass is 10.1. The molecular formula is C16H30O3Si. The number of esters is 1. The maximum atomic E-state index is 11.7. The molecule has 0 aliphatic rings. The van der Waals surface area contributed by atoms with E-state index in [-0.39, 0.29) is 12.1 Å². The first-order chi connectivity index (χ1) is 9.50. The van der Waals surface area contributed by atoms with Crippen LogP contribution in [0.1, 0.15) is 40.5 Å². The molecule has 0 amide bonds. The Balaban J connectivity index is 5.11. The van der Waals surface area contributed by atoms with E-state index in [0.717, 1.165) is 31.0 Å². The number of carbonyl (C=O) groups is 1. The van der Waals surface area contributed by atoms with Gasteiger partial charge in [0.25, 0.3) is 0 Å². The van der Waals surface area contributed by atoms with E-state index < -0.39 is 8.32 Å². The third-order valence-corrected chi connectivity index (χ3v) is 8.49. The summed E-state index contributed by atoms with van der Waals surface area (Å²) in [5.74, 6) is -0.387. The summed E-state index contributed by atoms with van der Waals surface area (Å²) in [6, 6.07) is 3.14. The molecule has 0 heterocycles. The molecule has 0 unspecified atom stereocenters. The number of carbonyl (C=O) groups excluding carboxylic acids is 1. The van der Waals surface area contributed by atoms with Gasteiger partial charge in [-0.1, -0.05) is 52.8 Å². The minimum Gasteiger partial charge on any atom is -0.466 e. The van der Waals surface area contributed by atoms with Gasteiger partial charge in [0.1, 0.15) is 0 Å². The van der Waals surface area contributed by atoms with Crippen LogP contribution < -0.4 is 0 Å². The van der Waals surface area contributed by atoms with E-state index in [2.05, 4.69) is 40.3 Å². The molecule has 116 valence electrons. The zero-order valence-corrected chi connectivity index (χ0v) is 14.7. The molecule has 0 aromatic heterocycles. The summed E-state index contributed by atoms with van der Waals surface area (Å²) in [6.45, 7) is 12.5. The fourth-order valence-corrected chi connectivity index (χ4v) is 4.89. The van der Waals surface area contributed by atoms with Crippen LogP contribution in [0.2, 0.25) is 18.1 Å². The number of unbranched alkanes of at least 4 members (excludes halogenated alkanes) is 1. The van der Waals surface area contributed by atoms with Crippen LogP contribution in [-0.4, -0.2) is 27.5 Å². The Bertz CT molecular complexity index is 324. The van der Waals surface area contributed by atoms with Gasteiger partial charge in [-0.2, -0.15) is 0 Å². The van der Waals surface area contributed by atoms with Crippen LogP contribution in [0.4, 0.5) is 0 Å². The Kier molecular flexibility index (Phi) is 9.51. The van der Waals surface area contributed by atoms with Crippen molar-refractivity contribution in [1.82, 2.24) is 0 Å². The van der Waals surface area contributed by atoms with E-state index >= 15 is 0 Å². The standard InChI is InChI=1S/C16H30O3Si/c1-7-11-12-13-15(14(5)16(17)18-6)19-20(8-2,9-3)10-4/h12-13,15H,5,7-11H2,1-4,6H3/b13-12+/t15-/m0/s1. The van der Waals surface area contributed by atoms with Gasteiger partial charge in [0, 0.05) is 0 Å². The van der Waals surface area contributed by atoms with Crippen LogP contribution in [0.25, 0.3) is 0 Å². The van der Waals surface area contributed by atoms with Crippen molar-refractivity contribution in [1.29, 1.82) is 0 Å². The highest BCUT2D eigenvalue weighted by atomic mass is 28.4. The van der Waals surface area contributed by atoms with Crippen LogP contribution in [0, 0.1) is 0 Å². The summed E-state index contributed by atoms with van der Waals surface area (Å²) in [5.41, 5.74) is 0.395. The zero-order chi connectivity index (χ0) is 15.6. The minimum absolute atomic E-state index is 0.347. The zero-order valence-electron chi connectivity index (χ0n) is 13.7. The van der Waals surface area contributed by atoms with E-state index in [1.54, 1.807) is 0 Å². The Morgan fingerprint density at radius 3 is 2.15 bits per heavy atom. The van der Waals surface area contributed by atoms with Gasteiger partial charge in [-0.05, 0) is 24.6 Å². The molecule has 0 saturated heterocycles. The molecule has 0 spiro atoms. The fraction of sp³-hybridized carbons (Fsp3) is 0.688. The van der Waals surface area contributed by atoms with Crippen LogP contribution >= 0.6 is 0 Å². The summed E-state index contributed by atoms with van der Waals surface area (Å²) in [4.78, 5) is 11.7. The van der Waals surface area contributed by atoms with Gasteiger partial charge in [0.05, 0.1) is 18.8 Å². The lowest BCUT2D eigenvalue weighted by Crippen LogP contribution is -2.40. The maximum absolute atomic E-state index is 11.7. The van der Waals surface area contributed by atoms with E-state index in [1.165, 1.54) is 7.11 Å². The molecule has 3 nitrogen and oxygen atoms in total. The van der Waals surface area contributed by atoms with Gasteiger partial charge in [-0.15, -0.1) is 0 Å². The molecule has 20 heavy (non-hydrogen) atoms. The summed E-state index contributed by atoms with van der Waals surface area (Å²) < 4.78 is 11.1. The molecule has 1 atom stereocenters. The van der Waals surface area contributed by atoms with Crippen LogP contribution in [0.5, 0.6) is 0 Å². The van der Waals surface area contributed by atoms with E-state index in [1.807, 2.05) is 6.08 Å². The van der Waals surface area contributed by atoms with E-state index in [0.29, 0.717) is 5.57 Å². The normalized spacial score (nSPS) is 13.4. The largest absolute Gasteiger partial charge is 0.466 e. The van der Waals surface area contributed by atoms with Crippen molar-refractivity contribution >= 4 is 14.3 Å². The molecular weight excluding hydrogens is 268 g/mol. The van der Waals surface area contributed by atoms with E-state index in [9.17, 15) is 4.79 Å². The molecule has 0 aliphatic heterocycles. The molecule has 0 fully saturated rings. The van der Waals surface area contributed by atoms with Gasteiger partial charge in [-0.3, -0.25) is 0 Å². The van der Waals surface area contributed by atoms with Crippen molar-refractivity contribution in [3.8, 4) is 0 Å². The van der Waals surface area contributed by atoms with Gasteiger partial charge >= 0.3 is 5.97 Å². The third kappa shape index (κ3) is 5.63. The van der Waals surface area contributed by atoms with Crippen molar-refractivity contribution in [2.75, 3.05) is 7.11 Å². The predicted molar refractivity (Wildman–Crippen MR) is 87.3 cm³/mol. The Morgan fingerprint density at radius 2 is 1.75 bits per heavy atom. The van der Waals surface area contributed by atoms with Gasteiger partial charge in [-0.25, -0.2) is 4.79 Å². The SMILES string of the molecule is C=C(C(=O)OC)[C@H](/C=C/CCC)O[Si](CC)(CC)CC. The third-order valence-electron chi connectivity index (χ3n) is 3.87. The molecule has 0 radical (unpaired) electrons. The molecule has 0 rings (SSSR count). The number of methoxy groups -OCH3 is 1. The van der Waals surface area contributed by atoms with Gasteiger partial charge in [0.2, 0.25) is 0 Å². The molecule has 0 N–H and O–H groups in total. The quantitative estimate of drug-likeness (QED) is 0.258. The molecule has 0 bridgehead atoms. The van der Waals surface area contributed by atoms with Crippen molar-refractivity contribution in [2.45, 2.75) is 64.8 Å². The molecule has 4 heteroatoms. The number of hydrogen-bond donors (Lipinski definition) is 0. The van der Waals surface area contributed by atoms with Crippen molar-refractivity contribution in [3.63, 3.8) is 0 Å². The average molecular weight is 298 g/mol. The van der Waals surface area contributed by atoms with Crippen molar-refractivity contribution in [3.05, 3.63) is 24.3 Å². The topological polar surface area (TPSA) is 35.5 Å². The number of ether oxygens (including phenoxy) is 1. The molecule has 0 saturated carbocycles. The second kappa shape index (κ2) is 9.94. The van der Waals surface area contributed by atoms with E-state index in [4.69, 9.17) is 9.16 Å². The summed E-state index contributed by atoms with van der Waals surface area (Å²) in [5, 5.41) is 0. The highest BCUT2D eigenvalue weighted by Crippen LogP contribution is 2.26. The second-order valence-electron chi connectivity index (χ2n) is 5.02. The van der Waals surface area contributed by atoms with Crippen molar-refractivity contribution < 1.29 is 14.0 Å². The lowest BCUT2D eigenvalue weighted by Gasteiger charge is -2.32. The first-order valence-corrected chi connectivity index (χ1v) is 10.1. The fourth-order valence-electron chi connectivity index (χ4n) is 2.13. The van der Waals surface area contributed by atoms with Gasteiger partial charge in [0.15, 0.2) is 8.32 Å². The number of hydrogen-bond acceptors (Lipinski definition) is 3. The monoisotopic (exact) mass is 298 g/mol. The predicted octanol–water partition coefficient (Wildman–Crippen LogP) is 4.46. The highest BCUT2D eigenvalue weighted by molar-refractivity contribution is 6.73.